The molecule has 2 aromatic carbocycles. The molecule has 1 heterocycles. The maximum absolute atomic E-state index is 13.4. The molecule has 2 aromatic rings. The number of fused-ring (bicyclic) bond motifs is 3. The SMILES string of the molecule is CCCCC(NC(=O)OCC1c2ccccc2-c2ccccc21)C(=O)N1CCCC(C)C1C(=O)O. The molecule has 7 heteroatoms. The number of carbonyl (C=O) groups is 3. The first-order chi connectivity index (χ1) is 16.9. The van der Waals surface area contributed by atoms with Crippen LogP contribution in [0.2, 0.25) is 0 Å². The topological polar surface area (TPSA) is 95.9 Å². The number of aliphatic carboxylic acids is 1. The first kappa shape index (κ1) is 24.8. The summed E-state index contributed by atoms with van der Waals surface area (Å²) >= 11 is 0. The Labute approximate surface area is 206 Å². The van der Waals surface area contributed by atoms with Crippen molar-refractivity contribution in [3.63, 3.8) is 0 Å². The molecule has 2 amide bonds. The van der Waals surface area contributed by atoms with Crippen LogP contribution in [0.3, 0.4) is 0 Å². The number of ether oxygens (including phenoxy) is 1. The van der Waals surface area contributed by atoms with Crippen LogP contribution in [0.1, 0.15) is 63.0 Å². The molecule has 186 valence electrons. The van der Waals surface area contributed by atoms with Crippen LogP contribution in [0.15, 0.2) is 48.5 Å². The quantitative estimate of drug-likeness (QED) is 0.568. The number of rotatable bonds is 8. The van der Waals surface area contributed by atoms with E-state index in [1.54, 1.807) is 0 Å². The van der Waals surface area contributed by atoms with E-state index in [1.165, 1.54) is 4.90 Å². The van der Waals surface area contributed by atoms with Crippen LogP contribution in [0, 0.1) is 5.92 Å². The lowest BCUT2D eigenvalue weighted by Gasteiger charge is -2.39. The number of hydrogen-bond donors (Lipinski definition) is 2. The van der Waals surface area contributed by atoms with Crippen molar-refractivity contribution < 1.29 is 24.2 Å². The van der Waals surface area contributed by atoms with Crippen LogP contribution in [-0.2, 0) is 14.3 Å². The average Bonchev–Trinajstić information content (AvgIpc) is 3.18. The van der Waals surface area contributed by atoms with Gasteiger partial charge in [0.15, 0.2) is 0 Å². The molecule has 2 aliphatic rings. The minimum absolute atomic E-state index is 0.0720. The molecule has 35 heavy (non-hydrogen) atoms. The molecule has 0 aromatic heterocycles. The van der Waals surface area contributed by atoms with Gasteiger partial charge >= 0.3 is 12.1 Å². The zero-order valence-electron chi connectivity index (χ0n) is 20.4. The normalized spacial score (nSPS) is 20.0. The second kappa shape index (κ2) is 10.9. The fourth-order valence-electron chi connectivity index (χ4n) is 5.46. The summed E-state index contributed by atoms with van der Waals surface area (Å²) in [7, 11) is 0. The summed E-state index contributed by atoms with van der Waals surface area (Å²) < 4.78 is 5.65. The molecule has 4 rings (SSSR count). The van der Waals surface area contributed by atoms with E-state index in [4.69, 9.17) is 4.74 Å². The molecule has 1 saturated heterocycles. The second-order valence-corrected chi connectivity index (χ2v) is 9.60. The molecule has 2 N–H and O–H groups in total. The number of likely N-dealkylation sites (tertiary alicyclic amines) is 1. The summed E-state index contributed by atoms with van der Waals surface area (Å²) in [5.74, 6) is -1.55. The highest BCUT2D eigenvalue weighted by Gasteiger charge is 2.40. The molecule has 3 unspecified atom stereocenters. The first-order valence-corrected chi connectivity index (χ1v) is 12.6. The van der Waals surface area contributed by atoms with Crippen molar-refractivity contribution in [1.29, 1.82) is 0 Å². The van der Waals surface area contributed by atoms with Gasteiger partial charge in [0.1, 0.15) is 18.7 Å². The Bertz CT molecular complexity index is 1040. The first-order valence-electron chi connectivity index (χ1n) is 12.6. The number of carboxylic acid groups (broad SMARTS) is 1. The van der Waals surface area contributed by atoms with E-state index in [0.29, 0.717) is 13.0 Å². The zero-order valence-corrected chi connectivity index (χ0v) is 20.4. The molecular weight excluding hydrogens is 444 g/mol. The number of carbonyl (C=O) groups excluding carboxylic acids is 2. The fraction of sp³-hybridized carbons (Fsp3) is 0.464. The predicted octanol–water partition coefficient (Wildman–Crippen LogP) is 4.80. The number of hydrogen-bond acceptors (Lipinski definition) is 4. The third-order valence-electron chi connectivity index (χ3n) is 7.25. The fourth-order valence-corrected chi connectivity index (χ4v) is 5.46. The average molecular weight is 479 g/mol. The van der Waals surface area contributed by atoms with Crippen molar-refractivity contribution in [3.05, 3.63) is 59.7 Å². The van der Waals surface area contributed by atoms with Gasteiger partial charge in [-0.2, -0.15) is 0 Å². The van der Waals surface area contributed by atoms with Gasteiger partial charge < -0.3 is 20.1 Å². The highest BCUT2D eigenvalue weighted by atomic mass is 16.5. The van der Waals surface area contributed by atoms with Gasteiger partial charge in [-0.3, -0.25) is 4.79 Å². The second-order valence-electron chi connectivity index (χ2n) is 9.60. The Hall–Kier alpha value is -3.35. The van der Waals surface area contributed by atoms with Crippen LogP contribution in [0.5, 0.6) is 0 Å². The standard InChI is InChI=1S/C28H34N2O5/c1-3-4-15-24(26(31)30-16-9-10-18(2)25(30)27(32)33)29-28(34)35-17-23-21-13-7-5-11-19(21)20-12-6-8-14-22(20)23/h5-8,11-14,18,23-25H,3-4,9-10,15-17H2,1-2H3,(H,29,34)(H,32,33). The largest absolute Gasteiger partial charge is 0.480 e. The van der Waals surface area contributed by atoms with Crippen LogP contribution in [0.4, 0.5) is 4.79 Å². The number of benzene rings is 2. The Morgan fingerprint density at radius 2 is 1.71 bits per heavy atom. The summed E-state index contributed by atoms with van der Waals surface area (Å²) in [4.78, 5) is 39.5. The molecule has 0 bridgehead atoms. The predicted molar refractivity (Wildman–Crippen MR) is 133 cm³/mol. The van der Waals surface area contributed by atoms with Gasteiger partial charge in [0.05, 0.1) is 0 Å². The number of amides is 2. The van der Waals surface area contributed by atoms with Crippen molar-refractivity contribution in [1.82, 2.24) is 10.2 Å². The molecule has 0 radical (unpaired) electrons. The van der Waals surface area contributed by atoms with Gasteiger partial charge in [-0.25, -0.2) is 9.59 Å². The van der Waals surface area contributed by atoms with Gasteiger partial charge in [0.25, 0.3) is 0 Å². The Morgan fingerprint density at radius 3 is 2.31 bits per heavy atom. The van der Waals surface area contributed by atoms with Crippen molar-refractivity contribution in [2.75, 3.05) is 13.2 Å². The number of nitrogens with zero attached hydrogens (tertiary/aromatic N) is 1. The maximum Gasteiger partial charge on any atom is 0.407 e. The van der Waals surface area contributed by atoms with E-state index in [9.17, 15) is 19.5 Å². The monoisotopic (exact) mass is 478 g/mol. The van der Waals surface area contributed by atoms with Gasteiger partial charge in [0, 0.05) is 12.5 Å². The minimum atomic E-state index is -0.999. The smallest absolute Gasteiger partial charge is 0.407 e. The Morgan fingerprint density at radius 1 is 1.09 bits per heavy atom. The number of carboxylic acids is 1. The van der Waals surface area contributed by atoms with E-state index in [-0.39, 0.29) is 24.3 Å². The summed E-state index contributed by atoms with van der Waals surface area (Å²) in [5, 5.41) is 12.5. The summed E-state index contributed by atoms with van der Waals surface area (Å²) in [6, 6.07) is 14.5. The van der Waals surface area contributed by atoms with Gasteiger partial charge in [-0.05, 0) is 47.4 Å². The van der Waals surface area contributed by atoms with Crippen molar-refractivity contribution in [2.24, 2.45) is 5.92 Å². The molecule has 7 nitrogen and oxygen atoms in total. The van der Waals surface area contributed by atoms with Gasteiger partial charge in [0.2, 0.25) is 5.91 Å². The number of unbranched alkanes of at least 4 members (excludes halogenated alkanes) is 1. The molecule has 3 atom stereocenters. The number of nitrogens with one attached hydrogen (secondary N) is 1. The highest BCUT2D eigenvalue weighted by molar-refractivity contribution is 5.89. The maximum atomic E-state index is 13.4. The lowest BCUT2D eigenvalue weighted by Crippen LogP contribution is -2.57. The van der Waals surface area contributed by atoms with Crippen LogP contribution < -0.4 is 5.32 Å². The van der Waals surface area contributed by atoms with Crippen molar-refractivity contribution in [2.45, 2.75) is 64.0 Å². The summed E-state index contributed by atoms with van der Waals surface area (Å²) in [5.41, 5.74) is 4.53. The molecule has 1 aliphatic carbocycles. The lowest BCUT2D eigenvalue weighted by atomic mass is 9.90. The van der Waals surface area contributed by atoms with E-state index in [1.807, 2.05) is 38.1 Å². The lowest BCUT2D eigenvalue weighted by molar-refractivity contribution is -0.155. The molecule has 1 fully saturated rings. The van der Waals surface area contributed by atoms with Gasteiger partial charge in [-0.15, -0.1) is 0 Å². The third-order valence-corrected chi connectivity index (χ3v) is 7.25. The number of alkyl carbamates (subject to hydrolysis) is 1. The molecule has 1 aliphatic heterocycles. The minimum Gasteiger partial charge on any atom is -0.480 e. The number of piperidine rings is 1. The summed E-state index contributed by atoms with van der Waals surface area (Å²) in [6.07, 6.45) is 2.90. The van der Waals surface area contributed by atoms with Crippen LogP contribution in [-0.4, -0.2) is 53.2 Å². The van der Waals surface area contributed by atoms with E-state index in [0.717, 1.165) is 47.9 Å². The third kappa shape index (κ3) is 5.19. The molecular formula is C28H34N2O5. The summed E-state index contributed by atoms with van der Waals surface area (Å²) in [6.45, 7) is 4.41. The Balaban J connectivity index is 1.45. The van der Waals surface area contributed by atoms with Crippen LogP contribution >= 0.6 is 0 Å². The van der Waals surface area contributed by atoms with E-state index < -0.39 is 24.1 Å². The van der Waals surface area contributed by atoms with Crippen molar-refractivity contribution in [3.8, 4) is 11.1 Å². The highest BCUT2D eigenvalue weighted by Crippen LogP contribution is 2.44. The van der Waals surface area contributed by atoms with Crippen LogP contribution in [0.25, 0.3) is 11.1 Å². The van der Waals surface area contributed by atoms with E-state index >= 15 is 0 Å². The molecule has 0 saturated carbocycles. The van der Waals surface area contributed by atoms with E-state index in [2.05, 4.69) is 29.6 Å². The molecule has 0 spiro atoms. The zero-order chi connectivity index (χ0) is 24.9. The Kier molecular flexibility index (Phi) is 7.73. The van der Waals surface area contributed by atoms with Crippen molar-refractivity contribution >= 4 is 18.0 Å². The van der Waals surface area contributed by atoms with Gasteiger partial charge in [-0.1, -0.05) is 75.2 Å².